The highest BCUT2D eigenvalue weighted by molar-refractivity contribution is 9.10. The lowest BCUT2D eigenvalue weighted by atomic mass is 10.1. The molecule has 0 spiro atoms. The zero-order valence-electron chi connectivity index (χ0n) is 14.3. The molecule has 1 aromatic carbocycles. The molecule has 1 unspecified atom stereocenters. The Labute approximate surface area is 163 Å². The molecule has 0 saturated heterocycles. The van der Waals surface area contributed by atoms with Crippen molar-refractivity contribution in [2.45, 2.75) is 13.2 Å². The molecule has 27 heavy (non-hydrogen) atoms. The second-order valence-corrected chi connectivity index (χ2v) is 6.95. The number of hydroxylamine groups is 1. The molecule has 2 aromatic heterocycles. The van der Waals surface area contributed by atoms with Crippen LogP contribution in [0.15, 0.2) is 52.2 Å². The number of anilines is 1. The highest BCUT2D eigenvalue weighted by Crippen LogP contribution is 2.20. The number of aliphatic hydroxyl groups is 1. The number of hydrogen-bond donors (Lipinski definition) is 3. The van der Waals surface area contributed by atoms with Crippen molar-refractivity contribution in [2.24, 2.45) is 4.99 Å². The Balaban J connectivity index is 1.63. The third kappa shape index (κ3) is 3.44. The van der Waals surface area contributed by atoms with Crippen molar-refractivity contribution in [3.05, 3.63) is 64.0 Å². The number of hydrogen-bond acceptors (Lipinski definition) is 6. The maximum atomic E-state index is 12.8. The first-order valence-corrected chi connectivity index (χ1v) is 9.00. The second kappa shape index (κ2) is 7.10. The average molecular weight is 430 g/mol. The molecule has 9 heteroatoms. The summed E-state index contributed by atoms with van der Waals surface area (Å²) in [6, 6.07) is 9.25. The van der Waals surface area contributed by atoms with Crippen LogP contribution in [0.3, 0.4) is 0 Å². The number of nitrogens with one attached hydrogen (secondary N) is 2. The number of aliphatic imine (C=N–C) groups is 1. The van der Waals surface area contributed by atoms with Gasteiger partial charge in [-0.15, -0.1) is 0 Å². The molecule has 1 atom stereocenters. The molecule has 1 aliphatic heterocycles. The molecule has 0 bridgehead atoms. The number of halogens is 1. The van der Waals surface area contributed by atoms with E-state index in [0.717, 1.165) is 15.6 Å². The first-order valence-electron chi connectivity index (χ1n) is 8.20. The molecule has 0 radical (unpaired) electrons. The highest BCUT2D eigenvalue weighted by Gasteiger charge is 2.19. The molecule has 1 amide bonds. The van der Waals surface area contributed by atoms with Crippen LogP contribution in [-0.2, 0) is 4.84 Å². The average Bonchev–Trinajstić information content (AvgIpc) is 3.30. The van der Waals surface area contributed by atoms with Crippen LogP contribution in [-0.4, -0.2) is 39.1 Å². The zero-order chi connectivity index (χ0) is 19.0. The number of aromatic nitrogens is 2. The number of amidine groups is 1. The summed E-state index contributed by atoms with van der Waals surface area (Å²) in [6.07, 6.45) is 2.71. The lowest BCUT2D eigenvalue weighted by Crippen LogP contribution is -2.21. The van der Waals surface area contributed by atoms with Gasteiger partial charge in [0.25, 0.3) is 5.91 Å². The normalized spacial score (nSPS) is 16.3. The fourth-order valence-corrected chi connectivity index (χ4v) is 3.08. The Morgan fingerprint density at radius 1 is 1.41 bits per heavy atom. The third-order valence-electron chi connectivity index (χ3n) is 4.18. The predicted octanol–water partition coefficient (Wildman–Crippen LogP) is 2.26. The Bertz CT molecular complexity index is 1060. The standard InChI is InChI=1S/C18H16BrN5O3/c1-10-2-3-11(17-22-16(9-25)27-23-17)6-13(10)21-18(26)14-7-20-15-5-4-12(19)8-24(14)15/h2-8,16,25H,9H2,1H3,(H,21,26)(H,22,23). The van der Waals surface area contributed by atoms with Crippen molar-refractivity contribution in [1.82, 2.24) is 14.9 Å². The van der Waals surface area contributed by atoms with E-state index in [1.165, 1.54) is 0 Å². The third-order valence-corrected chi connectivity index (χ3v) is 4.65. The molecular weight excluding hydrogens is 414 g/mol. The smallest absolute Gasteiger partial charge is 0.274 e. The first-order chi connectivity index (χ1) is 13.0. The van der Waals surface area contributed by atoms with E-state index in [2.05, 4.69) is 36.7 Å². The van der Waals surface area contributed by atoms with Gasteiger partial charge >= 0.3 is 0 Å². The fraction of sp³-hybridized carbons (Fsp3) is 0.167. The molecule has 1 aliphatic rings. The van der Waals surface area contributed by atoms with Gasteiger partial charge in [0.15, 0.2) is 12.1 Å². The summed E-state index contributed by atoms with van der Waals surface area (Å²) < 4.78 is 2.57. The Hall–Kier alpha value is -2.75. The van der Waals surface area contributed by atoms with Crippen molar-refractivity contribution in [1.29, 1.82) is 0 Å². The number of fused-ring (bicyclic) bond motifs is 1. The molecule has 3 heterocycles. The van der Waals surface area contributed by atoms with Crippen LogP contribution >= 0.6 is 15.9 Å². The second-order valence-electron chi connectivity index (χ2n) is 6.04. The number of aryl methyl sites for hydroxylation is 1. The van der Waals surface area contributed by atoms with Crippen LogP contribution in [0.1, 0.15) is 21.6 Å². The number of benzene rings is 1. The maximum Gasteiger partial charge on any atom is 0.274 e. The van der Waals surface area contributed by atoms with Crippen molar-refractivity contribution in [2.75, 3.05) is 11.9 Å². The Morgan fingerprint density at radius 2 is 2.26 bits per heavy atom. The zero-order valence-corrected chi connectivity index (χ0v) is 15.9. The molecule has 138 valence electrons. The highest BCUT2D eigenvalue weighted by atomic mass is 79.9. The molecule has 8 nitrogen and oxygen atoms in total. The van der Waals surface area contributed by atoms with Crippen LogP contribution in [0, 0.1) is 6.92 Å². The predicted molar refractivity (Wildman–Crippen MR) is 104 cm³/mol. The first kappa shape index (κ1) is 17.7. The summed E-state index contributed by atoms with van der Waals surface area (Å²) in [6.45, 7) is 1.69. The van der Waals surface area contributed by atoms with E-state index < -0.39 is 6.23 Å². The lowest BCUT2D eigenvalue weighted by Gasteiger charge is -2.11. The van der Waals surface area contributed by atoms with Crippen molar-refractivity contribution < 1.29 is 14.7 Å². The van der Waals surface area contributed by atoms with E-state index in [4.69, 9.17) is 9.94 Å². The van der Waals surface area contributed by atoms with E-state index >= 15 is 0 Å². The van der Waals surface area contributed by atoms with Gasteiger partial charge in [-0.05, 0) is 46.6 Å². The maximum absolute atomic E-state index is 12.8. The summed E-state index contributed by atoms with van der Waals surface area (Å²) in [5.41, 5.74) is 6.10. The quantitative estimate of drug-likeness (QED) is 0.590. The summed E-state index contributed by atoms with van der Waals surface area (Å²) in [5.74, 6) is 0.231. The van der Waals surface area contributed by atoms with Gasteiger partial charge < -0.3 is 10.4 Å². The molecule has 0 aliphatic carbocycles. The van der Waals surface area contributed by atoms with Gasteiger partial charge in [-0.3, -0.25) is 9.20 Å². The molecule has 3 N–H and O–H groups in total. The molecule has 3 aromatic rings. The topological polar surface area (TPSA) is 100 Å². The number of carbonyl (C=O) groups is 1. The van der Waals surface area contributed by atoms with Gasteiger partial charge in [0.05, 0.1) is 12.8 Å². The van der Waals surface area contributed by atoms with E-state index in [1.54, 1.807) is 22.9 Å². The van der Waals surface area contributed by atoms with Crippen molar-refractivity contribution >= 4 is 39.0 Å². The number of rotatable bonds is 4. The molecule has 4 rings (SSSR count). The minimum Gasteiger partial charge on any atom is -0.392 e. The molecular formula is C18H16BrN5O3. The van der Waals surface area contributed by atoms with Gasteiger partial charge in [0.2, 0.25) is 0 Å². The number of carbonyl (C=O) groups excluding carboxylic acids is 1. The van der Waals surface area contributed by atoms with Gasteiger partial charge in [-0.1, -0.05) is 12.1 Å². The number of nitrogens with zero attached hydrogens (tertiary/aromatic N) is 3. The van der Waals surface area contributed by atoms with Crippen LogP contribution in [0.2, 0.25) is 0 Å². The van der Waals surface area contributed by atoms with Gasteiger partial charge in [-0.2, -0.15) is 0 Å². The van der Waals surface area contributed by atoms with E-state index in [9.17, 15) is 4.79 Å². The monoisotopic (exact) mass is 429 g/mol. The van der Waals surface area contributed by atoms with E-state index in [1.807, 2.05) is 31.2 Å². The largest absolute Gasteiger partial charge is 0.392 e. The number of pyridine rings is 1. The fourth-order valence-electron chi connectivity index (χ4n) is 2.75. The summed E-state index contributed by atoms with van der Waals surface area (Å²) in [7, 11) is 0. The summed E-state index contributed by atoms with van der Waals surface area (Å²) >= 11 is 3.41. The number of amides is 1. The number of imidazole rings is 1. The van der Waals surface area contributed by atoms with Gasteiger partial charge in [-0.25, -0.2) is 20.3 Å². The SMILES string of the molecule is Cc1ccc(C2=NC(CO)ON2)cc1NC(=O)c1cnc2ccc(Br)cn12. The minimum absolute atomic E-state index is 0.212. The molecule has 0 saturated carbocycles. The van der Waals surface area contributed by atoms with Crippen LogP contribution < -0.4 is 10.8 Å². The van der Waals surface area contributed by atoms with Gasteiger partial charge in [0.1, 0.15) is 11.3 Å². The Kier molecular flexibility index (Phi) is 4.65. The summed E-state index contributed by atoms with van der Waals surface area (Å²) in [5, 5.41) is 12.0. The van der Waals surface area contributed by atoms with Crippen LogP contribution in [0.25, 0.3) is 5.65 Å². The minimum atomic E-state index is -0.629. The number of aliphatic hydroxyl groups excluding tert-OH is 1. The van der Waals surface area contributed by atoms with Crippen molar-refractivity contribution in [3.63, 3.8) is 0 Å². The van der Waals surface area contributed by atoms with E-state index in [0.29, 0.717) is 22.9 Å². The van der Waals surface area contributed by atoms with E-state index in [-0.39, 0.29) is 12.5 Å². The van der Waals surface area contributed by atoms with Crippen molar-refractivity contribution in [3.8, 4) is 0 Å². The summed E-state index contributed by atoms with van der Waals surface area (Å²) in [4.78, 5) is 26.4. The van der Waals surface area contributed by atoms with Crippen LogP contribution in [0.5, 0.6) is 0 Å². The Morgan fingerprint density at radius 3 is 3.04 bits per heavy atom. The van der Waals surface area contributed by atoms with Crippen LogP contribution in [0.4, 0.5) is 5.69 Å². The lowest BCUT2D eigenvalue weighted by molar-refractivity contribution is 0.00323. The van der Waals surface area contributed by atoms with Gasteiger partial charge in [0, 0.05) is 21.9 Å². The molecule has 0 fully saturated rings.